The monoisotopic (exact) mass is 705 g/mol. The second-order valence-electron chi connectivity index (χ2n) is 16.2. The average Bonchev–Trinajstić information content (AvgIpc) is 3.60. The molecule has 0 spiro atoms. The molecule has 0 radical (unpaired) electrons. The molecule has 1 nitrogen and oxygen atoms in total. The maximum atomic E-state index is 2.44. The number of hydrogen-bond donors (Lipinski definition) is 0. The summed E-state index contributed by atoms with van der Waals surface area (Å²) in [5, 5.41) is 0. The molecule has 0 aromatic heterocycles. The Bertz CT molecular complexity index is 2620. The number of benzene rings is 8. The van der Waals surface area contributed by atoms with Gasteiger partial charge in [-0.3, -0.25) is 0 Å². The fraction of sp³-hybridized carbons (Fsp3) is 0.111. The molecule has 10 rings (SSSR count). The van der Waals surface area contributed by atoms with E-state index in [4.69, 9.17) is 0 Å². The summed E-state index contributed by atoms with van der Waals surface area (Å²) in [5.74, 6) is 0. The lowest BCUT2D eigenvalue weighted by Crippen LogP contribution is -2.14. The summed E-state index contributed by atoms with van der Waals surface area (Å²) in [5.41, 5.74) is 21.5. The maximum Gasteiger partial charge on any atom is 0.0540 e. The standard InChI is InChI=1S/C54H43N/c1-53(2)48-25-11-8-23-44(48)46-34-39(28-30-50(46)53)37-18-14-20-41(32-37)55(52-27-13-10-22-43(52)36-16-6-5-7-17-36)42-21-15-19-38(33-42)40-29-31-51-47(35-40)45-24-9-12-26-49(45)54(51,3)4/h5-35H,1-4H3. The highest BCUT2D eigenvalue weighted by atomic mass is 15.1. The van der Waals surface area contributed by atoms with E-state index in [2.05, 4.69) is 221 Å². The molecule has 0 heterocycles. The molecule has 0 fully saturated rings. The number of nitrogens with zero attached hydrogens (tertiary/aromatic N) is 1. The molecule has 264 valence electrons. The minimum Gasteiger partial charge on any atom is -0.310 e. The predicted molar refractivity (Wildman–Crippen MR) is 233 cm³/mol. The second-order valence-corrected chi connectivity index (χ2v) is 16.2. The van der Waals surface area contributed by atoms with E-state index < -0.39 is 0 Å². The topological polar surface area (TPSA) is 3.24 Å². The van der Waals surface area contributed by atoms with Crippen molar-refractivity contribution in [2.45, 2.75) is 38.5 Å². The Labute approximate surface area is 325 Å². The molecule has 0 amide bonds. The number of para-hydroxylation sites is 1. The Hall–Kier alpha value is -6.44. The molecular formula is C54H43N. The smallest absolute Gasteiger partial charge is 0.0540 e. The highest BCUT2D eigenvalue weighted by Gasteiger charge is 2.36. The second kappa shape index (κ2) is 12.6. The van der Waals surface area contributed by atoms with Gasteiger partial charge in [0.2, 0.25) is 0 Å². The van der Waals surface area contributed by atoms with E-state index in [-0.39, 0.29) is 10.8 Å². The van der Waals surface area contributed by atoms with Crippen LogP contribution in [-0.4, -0.2) is 0 Å². The van der Waals surface area contributed by atoms with E-state index in [1.807, 2.05) is 0 Å². The summed E-state index contributed by atoms with van der Waals surface area (Å²) in [6.07, 6.45) is 0. The van der Waals surface area contributed by atoms with Gasteiger partial charge in [0, 0.05) is 27.8 Å². The van der Waals surface area contributed by atoms with Gasteiger partial charge in [0.15, 0.2) is 0 Å². The number of fused-ring (bicyclic) bond motifs is 6. The largest absolute Gasteiger partial charge is 0.310 e. The van der Waals surface area contributed by atoms with Gasteiger partial charge in [0.05, 0.1) is 5.69 Å². The first-order valence-electron chi connectivity index (χ1n) is 19.4. The van der Waals surface area contributed by atoms with Crippen molar-refractivity contribution in [3.8, 4) is 55.6 Å². The highest BCUT2D eigenvalue weighted by Crippen LogP contribution is 2.51. The Morgan fingerprint density at radius 3 is 1.22 bits per heavy atom. The van der Waals surface area contributed by atoms with Crippen LogP contribution in [-0.2, 0) is 10.8 Å². The van der Waals surface area contributed by atoms with Crippen molar-refractivity contribution in [1.29, 1.82) is 0 Å². The van der Waals surface area contributed by atoms with Crippen molar-refractivity contribution in [2.24, 2.45) is 0 Å². The summed E-state index contributed by atoms with van der Waals surface area (Å²) in [6.45, 7) is 9.38. The van der Waals surface area contributed by atoms with Crippen LogP contribution in [0.15, 0.2) is 188 Å². The van der Waals surface area contributed by atoms with Gasteiger partial charge < -0.3 is 4.90 Å². The van der Waals surface area contributed by atoms with Crippen LogP contribution in [0, 0.1) is 0 Å². The van der Waals surface area contributed by atoms with E-state index in [9.17, 15) is 0 Å². The summed E-state index contributed by atoms with van der Waals surface area (Å²) >= 11 is 0. The molecule has 8 aromatic rings. The van der Waals surface area contributed by atoms with Crippen molar-refractivity contribution in [3.63, 3.8) is 0 Å². The number of anilines is 3. The van der Waals surface area contributed by atoms with Crippen LogP contribution in [0.3, 0.4) is 0 Å². The van der Waals surface area contributed by atoms with E-state index in [1.165, 1.54) is 77.9 Å². The fourth-order valence-corrected chi connectivity index (χ4v) is 9.41. The van der Waals surface area contributed by atoms with Crippen LogP contribution in [0.25, 0.3) is 55.6 Å². The molecule has 0 unspecified atom stereocenters. The molecule has 0 N–H and O–H groups in total. The first kappa shape index (κ1) is 33.2. The van der Waals surface area contributed by atoms with Crippen LogP contribution >= 0.6 is 0 Å². The lowest BCUT2D eigenvalue weighted by molar-refractivity contribution is 0.660. The maximum absolute atomic E-state index is 2.44. The van der Waals surface area contributed by atoms with E-state index in [1.54, 1.807) is 0 Å². The fourth-order valence-electron chi connectivity index (χ4n) is 9.41. The van der Waals surface area contributed by atoms with Crippen LogP contribution in [0.1, 0.15) is 49.9 Å². The zero-order valence-electron chi connectivity index (χ0n) is 31.8. The van der Waals surface area contributed by atoms with Gasteiger partial charge in [0.1, 0.15) is 0 Å². The van der Waals surface area contributed by atoms with Crippen LogP contribution in [0.4, 0.5) is 17.1 Å². The Morgan fingerprint density at radius 1 is 0.291 bits per heavy atom. The van der Waals surface area contributed by atoms with Crippen molar-refractivity contribution < 1.29 is 0 Å². The van der Waals surface area contributed by atoms with Crippen molar-refractivity contribution in [2.75, 3.05) is 4.90 Å². The van der Waals surface area contributed by atoms with Gasteiger partial charge >= 0.3 is 0 Å². The summed E-state index contributed by atoms with van der Waals surface area (Å²) in [6, 6.07) is 69.5. The van der Waals surface area contributed by atoms with Crippen LogP contribution < -0.4 is 4.90 Å². The molecule has 55 heavy (non-hydrogen) atoms. The Kier molecular flexibility index (Phi) is 7.58. The third-order valence-corrected chi connectivity index (χ3v) is 12.3. The molecule has 0 aliphatic heterocycles. The molecule has 2 aliphatic rings. The van der Waals surface area contributed by atoms with Gasteiger partial charge in [-0.15, -0.1) is 0 Å². The first-order chi connectivity index (χ1) is 26.8. The van der Waals surface area contributed by atoms with Crippen molar-refractivity contribution in [1.82, 2.24) is 0 Å². The zero-order valence-corrected chi connectivity index (χ0v) is 31.8. The Balaban J connectivity index is 1.12. The van der Waals surface area contributed by atoms with E-state index in [0.717, 1.165) is 17.1 Å². The summed E-state index contributed by atoms with van der Waals surface area (Å²) in [7, 11) is 0. The highest BCUT2D eigenvalue weighted by molar-refractivity contribution is 5.92. The van der Waals surface area contributed by atoms with Crippen molar-refractivity contribution in [3.05, 3.63) is 210 Å². The predicted octanol–water partition coefficient (Wildman–Crippen LogP) is 14.8. The Morgan fingerprint density at radius 2 is 0.691 bits per heavy atom. The lowest BCUT2D eigenvalue weighted by Gasteiger charge is -2.29. The SMILES string of the molecule is CC1(C)c2ccccc2-c2cc(-c3cccc(N(c4cccc(-c5ccc6c(c5)-c5ccccc5C6(C)C)c4)c4ccccc4-c4ccccc4)c3)ccc21. The third-order valence-electron chi connectivity index (χ3n) is 12.3. The molecule has 2 aliphatic carbocycles. The van der Waals surface area contributed by atoms with Gasteiger partial charge in [-0.2, -0.15) is 0 Å². The third kappa shape index (κ3) is 5.29. The van der Waals surface area contributed by atoms with Crippen LogP contribution in [0.5, 0.6) is 0 Å². The average molecular weight is 706 g/mol. The number of hydrogen-bond acceptors (Lipinski definition) is 1. The quantitative estimate of drug-likeness (QED) is 0.166. The van der Waals surface area contributed by atoms with E-state index in [0.29, 0.717) is 0 Å². The summed E-state index contributed by atoms with van der Waals surface area (Å²) in [4.78, 5) is 2.44. The molecule has 8 aromatic carbocycles. The molecule has 0 atom stereocenters. The molecular weight excluding hydrogens is 663 g/mol. The number of rotatable bonds is 6. The van der Waals surface area contributed by atoms with Crippen molar-refractivity contribution >= 4 is 17.1 Å². The normalized spacial score (nSPS) is 14.1. The summed E-state index contributed by atoms with van der Waals surface area (Å²) < 4.78 is 0. The minimum atomic E-state index is -0.0201. The van der Waals surface area contributed by atoms with E-state index >= 15 is 0 Å². The first-order valence-corrected chi connectivity index (χ1v) is 19.4. The molecule has 0 saturated carbocycles. The van der Waals surface area contributed by atoms with Gasteiger partial charge in [-0.05, 0) is 115 Å². The van der Waals surface area contributed by atoms with Gasteiger partial charge in [-0.1, -0.05) is 173 Å². The van der Waals surface area contributed by atoms with Gasteiger partial charge in [0.25, 0.3) is 0 Å². The zero-order chi connectivity index (χ0) is 37.3. The lowest BCUT2D eigenvalue weighted by atomic mass is 9.82. The van der Waals surface area contributed by atoms with Gasteiger partial charge in [-0.25, -0.2) is 0 Å². The minimum absolute atomic E-state index is 0.0201. The molecule has 0 bridgehead atoms. The molecule has 0 saturated heterocycles. The van der Waals surface area contributed by atoms with Crippen LogP contribution in [0.2, 0.25) is 0 Å². The molecule has 1 heteroatoms.